The van der Waals surface area contributed by atoms with Crippen LogP contribution in [0.1, 0.15) is 24.3 Å². The van der Waals surface area contributed by atoms with Gasteiger partial charge in [0.1, 0.15) is 18.1 Å². The van der Waals surface area contributed by atoms with Gasteiger partial charge in [-0.3, -0.25) is 0 Å². The second-order valence-electron chi connectivity index (χ2n) is 9.11. The number of ether oxygens (including phenoxy) is 2. The number of carboxylic acid groups (broad SMARTS) is 1. The Morgan fingerprint density at radius 3 is 2.39 bits per heavy atom. The Bertz CT molecular complexity index is 1300. The van der Waals surface area contributed by atoms with Gasteiger partial charge in [-0.15, -0.1) is 0 Å². The molecule has 6 rings (SSSR count). The zero-order valence-corrected chi connectivity index (χ0v) is 22.1. The van der Waals surface area contributed by atoms with Crippen molar-refractivity contribution < 1.29 is 53.3 Å². The predicted octanol–water partition coefficient (Wildman–Crippen LogP) is 1.39. The number of hydrogen-bond acceptors (Lipinski definition) is 6. The third-order valence-electron chi connectivity index (χ3n) is 6.92. The molecular weight excluding hydrogens is 465 g/mol. The van der Waals surface area contributed by atoms with Crippen LogP contribution in [0.3, 0.4) is 0 Å². The molecule has 176 valence electrons. The van der Waals surface area contributed by atoms with Crippen LogP contribution in [0.2, 0.25) is 0 Å². The number of fused-ring (bicyclic) bond motifs is 1. The number of carbonyl (C=O) groups is 1. The Hall–Kier alpha value is -2.90. The summed E-state index contributed by atoms with van der Waals surface area (Å²) in [7, 11) is 0. The first kappa shape index (κ1) is 24.8. The summed E-state index contributed by atoms with van der Waals surface area (Å²) >= 11 is 0. The van der Waals surface area contributed by atoms with Crippen molar-refractivity contribution >= 4 is 5.97 Å². The maximum Gasteiger partial charge on any atom is 1.00 e. The van der Waals surface area contributed by atoms with E-state index in [1.165, 1.54) is 0 Å². The molecular formula is C29H24NNaO5. The van der Waals surface area contributed by atoms with Crippen molar-refractivity contribution in [2.24, 2.45) is 5.92 Å². The molecule has 6 nitrogen and oxygen atoms in total. The van der Waals surface area contributed by atoms with E-state index in [1.54, 1.807) is 6.07 Å². The van der Waals surface area contributed by atoms with Crippen molar-refractivity contribution in [2.75, 3.05) is 6.61 Å². The summed E-state index contributed by atoms with van der Waals surface area (Å²) in [6.07, 6.45) is 2.80. The van der Waals surface area contributed by atoms with E-state index in [4.69, 9.17) is 18.9 Å². The normalized spacial score (nSPS) is 21.9. The van der Waals surface area contributed by atoms with Crippen LogP contribution in [-0.2, 0) is 21.6 Å². The Kier molecular flexibility index (Phi) is 7.04. The number of hydrogen-bond donors (Lipinski definition) is 0. The van der Waals surface area contributed by atoms with Gasteiger partial charge in [0.25, 0.3) is 0 Å². The minimum atomic E-state index is -1.24. The van der Waals surface area contributed by atoms with Crippen LogP contribution < -0.4 is 39.4 Å². The van der Waals surface area contributed by atoms with Gasteiger partial charge in [-0.25, -0.2) is 4.98 Å². The summed E-state index contributed by atoms with van der Waals surface area (Å²) in [6, 6.07) is 27.6. The molecule has 1 aromatic heterocycles. The molecule has 36 heavy (non-hydrogen) atoms. The van der Waals surface area contributed by atoms with E-state index in [2.05, 4.69) is 0 Å². The number of carboxylic acids is 1. The number of rotatable bonds is 8. The van der Waals surface area contributed by atoms with Crippen LogP contribution in [0.5, 0.6) is 5.75 Å². The summed E-state index contributed by atoms with van der Waals surface area (Å²) in [5.41, 5.74) is 3.31. The summed E-state index contributed by atoms with van der Waals surface area (Å²) in [5, 5.41) is 10.7. The summed E-state index contributed by atoms with van der Waals surface area (Å²) < 4.78 is 18.1. The Labute approximate surface area is 231 Å². The third kappa shape index (κ3) is 4.62. The van der Waals surface area contributed by atoms with Gasteiger partial charge in [-0.1, -0.05) is 72.8 Å². The fraction of sp³-hybridized carbons (Fsp3) is 0.241. The fourth-order valence-corrected chi connectivity index (χ4v) is 5.27. The maximum absolute atomic E-state index is 10.7. The standard InChI is InChI=1S/C29H25NO5.Na/c31-25(32)18-33-23-13-7-8-19(17-23)16-22-14-15-24-29(22,35-24)28-30-26(20-9-3-1-4-10-20)27(34-28)21-11-5-2-6-12-21;/h1-13,17,22,24H,14-16,18H2,(H,31,32);/q;+1/p-1/t22-,24?,29?;/m0./s1. The van der Waals surface area contributed by atoms with Crippen molar-refractivity contribution in [1.29, 1.82) is 0 Å². The number of carbonyl (C=O) groups excluding carboxylic acids is 1. The molecule has 0 amide bonds. The van der Waals surface area contributed by atoms with E-state index in [1.807, 2.05) is 78.9 Å². The summed E-state index contributed by atoms with van der Waals surface area (Å²) in [6.45, 7) is -0.469. The summed E-state index contributed by atoms with van der Waals surface area (Å²) in [4.78, 5) is 15.8. The van der Waals surface area contributed by atoms with Crippen LogP contribution in [0.25, 0.3) is 22.6 Å². The second-order valence-corrected chi connectivity index (χ2v) is 9.11. The first-order valence-electron chi connectivity index (χ1n) is 11.8. The molecule has 2 heterocycles. The van der Waals surface area contributed by atoms with Gasteiger partial charge in [-0.05, 0) is 37.0 Å². The molecule has 2 unspecified atom stereocenters. The number of nitrogens with zero attached hydrogens (tertiary/aromatic N) is 1. The molecule has 0 radical (unpaired) electrons. The van der Waals surface area contributed by atoms with Gasteiger partial charge < -0.3 is 23.8 Å². The van der Waals surface area contributed by atoms with Gasteiger partial charge >= 0.3 is 29.6 Å². The van der Waals surface area contributed by atoms with E-state index < -0.39 is 18.2 Å². The molecule has 1 saturated carbocycles. The van der Waals surface area contributed by atoms with E-state index >= 15 is 0 Å². The molecule has 2 fully saturated rings. The topological polar surface area (TPSA) is 87.9 Å². The van der Waals surface area contributed by atoms with Crippen LogP contribution >= 0.6 is 0 Å². The van der Waals surface area contributed by atoms with Gasteiger partial charge in [0.2, 0.25) is 5.89 Å². The van der Waals surface area contributed by atoms with E-state index in [0.29, 0.717) is 11.6 Å². The monoisotopic (exact) mass is 489 g/mol. The average molecular weight is 490 g/mol. The van der Waals surface area contributed by atoms with Gasteiger partial charge in [-0.2, -0.15) is 0 Å². The molecule has 0 bridgehead atoms. The molecule has 4 aromatic rings. The third-order valence-corrected chi connectivity index (χ3v) is 6.92. The fourth-order valence-electron chi connectivity index (χ4n) is 5.27. The quantitative estimate of drug-likeness (QED) is 0.275. The van der Waals surface area contributed by atoms with Crippen LogP contribution in [0.4, 0.5) is 0 Å². The predicted molar refractivity (Wildman–Crippen MR) is 127 cm³/mol. The van der Waals surface area contributed by atoms with Gasteiger partial charge in [0.05, 0.1) is 12.1 Å². The van der Waals surface area contributed by atoms with Crippen molar-refractivity contribution in [3.63, 3.8) is 0 Å². The molecule has 3 aromatic carbocycles. The Morgan fingerprint density at radius 2 is 1.69 bits per heavy atom. The largest absolute Gasteiger partial charge is 1.00 e. The smallest absolute Gasteiger partial charge is 0.546 e. The SMILES string of the molecule is O=C([O-])COc1cccc(C[C@@H]2CCC3OC32c2nc(-c3ccccc3)c(-c3ccccc3)o2)c1.[Na+]. The molecule has 3 atom stereocenters. The number of aromatic nitrogens is 1. The van der Waals surface area contributed by atoms with E-state index in [9.17, 15) is 9.90 Å². The van der Waals surface area contributed by atoms with Gasteiger partial charge in [0, 0.05) is 17.0 Å². The molecule has 1 aliphatic carbocycles. The zero-order valence-electron chi connectivity index (χ0n) is 20.1. The van der Waals surface area contributed by atoms with Crippen molar-refractivity contribution in [3.05, 3.63) is 96.4 Å². The second kappa shape index (κ2) is 10.2. The molecule has 0 spiro atoms. The van der Waals surface area contributed by atoms with Gasteiger partial charge in [0.15, 0.2) is 11.4 Å². The minimum Gasteiger partial charge on any atom is -0.546 e. The first-order valence-corrected chi connectivity index (χ1v) is 11.8. The van der Waals surface area contributed by atoms with Crippen LogP contribution in [-0.4, -0.2) is 23.7 Å². The van der Waals surface area contributed by atoms with Crippen molar-refractivity contribution in [3.8, 4) is 28.3 Å². The molecule has 2 aliphatic rings. The van der Waals surface area contributed by atoms with E-state index in [-0.39, 0.29) is 41.6 Å². The van der Waals surface area contributed by atoms with Crippen molar-refractivity contribution in [1.82, 2.24) is 4.98 Å². The van der Waals surface area contributed by atoms with Crippen LogP contribution in [0, 0.1) is 5.92 Å². The Balaban J connectivity index is 0.00000267. The minimum absolute atomic E-state index is 0. The number of oxazole rings is 1. The Morgan fingerprint density at radius 1 is 0.972 bits per heavy atom. The van der Waals surface area contributed by atoms with E-state index in [0.717, 1.165) is 47.4 Å². The average Bonchev–Trinajstić information content (AvgIpc) is 3.27. The number of aliphatic carboxylic acids is 1. The first-order chi connectivity index (χ1) is 17.1. The molecule has 1 saturated heterocycles. The summed E-state index contributed by atoms with van der Waals surface area (Å²) in [5.74, 6) is 0.841. The van der Waals surface area contributed by atoms with Crippen LogP contribution in [0.15, 0.2) is 89.3 Å². The zero-order chi connectivity index (χ0) is 23.8. The van der Waals surface area contributed by atoms with Crippen molar-refractivity contribution in [2.45, 2.75) is 31.0 Å². The number of benzene rings is 3. The molecule has 7 heteroatoms. The molecule has 0 N–H and O–H groups in total. The number of epoxide rings is 1. The maximum atomic E-state index is 10.7. The molecule has 1 aliphatic heterocycles.